The van der Waals surface area contributed by atoms with Gasteiger partial charge in [-0.15, -0.1) is 6.58 Å². The Labute approximate surface area is 213 Å². The Hall–Kier alpha value is -1.32. The molecule has 4 nitrogen and oxygen atoms in total. The Morgan fingerprint density at radius 1 is 0.971 bits per heavy atom. The minimum absolute atomic E-state index is 0.00842. The van der Waals surface area contributed by atoms with Crippen molar-refractivity contribution in [1.82, 2.24) is 0 Å². The van der Waals surface area contributed by atoms with Crippen molar-refractivity contribution in [2.45, 2.75) is 124 Å². The second-order valence-electron chi connectivity index (χ2n) is 13.5. The van der Waals surface area contributed by atoms with Crippen LogP contribution in [0.25, 0.3) is 0 Å². The van der Waals surface area contributed by atoms with Crippen LogP contribution in [0, 0.1) is 46.3 Å². The Kier molecular flexibility index (Phi) is 8.08. The lowest BCUT2D eigenvalue weighted by atomic mass is 9.44. The van der Waals surface area contributed by atoms with E-state index >= 15 is 0 Å². The number of esters is 1. The van der Waals surface area contributed by atoms with Gasteiger partial charge in [0.15, 0.2) is 0 Å². The number of aliphatic carboxylic acids is 1. The lowest BCUT2D eigenvalue weighted by Gasteiger charge is -2.61. The van der Waals surface area contributed by atoms with E-state index in [1.807, 2.05) is 0 Å². The molecule has 0 amide bonds. The van der Waals surface area contributed by atoms with Gasteiger partial charge in [0.2, 0.25) is 0 Å². The predicted molar refractivity (Wildman–Crippen MR) is 140 cm³/mol. The molecule has 198 valence electrons. The molecule has 4 rings (SSSR count). The molecule has 0 aromatic heterocycles. The Morgan fingerprint density at radius 3 is 2.40 bits per heavy atom. The SMILES string of the molecule is C=C(C)CCC[C@@H](C)[C@H]1CC[C@H]2[C@@H]3CCC4C[C@@H](OC(=O)CCC(=O)O)CC[C@]4(C)[C@H]3CC[C@]12C. The fourth-order valence-electron chi connectivity index (χ4n) is 9.68. The smallest absolute Gasteiger partial charge is 0.306 e. The molecule has 1 unspecified atom stereocenters. The summed E-state index contributed by atoms with van der Waals surface area (Å²) in [7, 11) is 0. The fraction of sp³-hybridized carbons (Fsp3) is 0.871. The summed E-state index contributed by atoms with van der Waals surface area (Å²) >= 11 is 0. The average molecular weight is 487 g/mol. The summed E-state index contributed by atoms with van der Waals surface area (Å²) in [6.45, 7) is 14.0. The number of ether oxygens (including phenoxy) is 1. The highest BCUT2D eigenvalue weighted by molar-refractivity contribution is 5.76. The molecule has 0 aromatic rings. The Balaban J connectivity index is 1.37. The van der Waals surface area contributed by atoms with Gasteiger partial charge in [-0.1, -0.05) is 32.8 Å². The number of carbonyl (C=O) groups excluding carboxylic acids is 1. The molecule has 4 aliphatic carbocycles. The second kappa shape index (κ2) is 10.6. The molecule has 0 heterocycles. The minimum atomic E-state index is -0.934. The molecular formula is C31H50O4. The number of hydrogen-bond donors (Lipinski definition) is 1. The van der Waals surface area contributed by atoms with Crippen LogP contribution in [0.4, 0.5) is 0 Å². The van der Waals surface area contributed by atoms with Gasteiger partial charge in [0.25, 0.3) is 0 Å². The van der Waals surface area contributed by atoms with Crippen LogP contribution in [0.1, 0.15) is 118 Å². The first-order valence-electron chi connectivity index (χ1n) is 14.6. The van der Waals surface area contributed by atoms with E-state index in [0.717, 1.165) is 48.9 Å². The number of carboxylic acids is 1. The van der Waals surface area contributed by atoms with E-state index in [1.165, 1.54) is 63.4 Å². The lowest BCUT2D eigenvalue weighted by Crippen LogP contribution is -2.54. The zero-order valence-electron chi connectivity index (χ0n) is 22.8. The van der Waals surface area contributed by atoms with Crippen molar-refractivity contribution < 1.29 is 19.4 Å². The van der Waals surface area contributed by atoms with E-state index in [-0.39, 0.29) is 24.9 Å². The molecule has 4 heteroatoms. The molecular weight excluding hydrogens is 436 g/mol. The van der Waals surface area contributed by atoms with Crippen LogP contribution in [-0.4, -0.2) is 23.1 Å². The maximum absolute atomic E-state index is 12.1. The van der Waals surface area contributed by atoms with Crippen LogP contribution in [0.2, 0.25) is 0 Å². The molecule has 4 saturated carbocycles. The third-order valence-electron chi connectivity index (χ3n) is 11.5. The number of carbonyl (C=O) groups is 2. The van der Waals surface area contributed by atoms with Gasteiger partial charge in [0.1, 0.15) is 6.10 Å². The molecule has 4 fully saturated rings. The van der Waals surface area contributed by atoms with E-state index < -0.39 is 5.97 Å². The lowest BCUT2D eigenvalue weighted by molar-refractivity contribution is -0.164. The molecule has 0 aliphatic heterocycles. The first kappa shape index (κ1) is 26.7. The van der Waals surface area contributed by atoms with Crippen LogP contribution in [0.3, 0.4) is 0 Å². The normalized spacial score (nSPS) is 41.3. The zero-order chi connectivity index (χ0) is 25.4. The van der Waals surface area contributed by atoms with Gasteiger partial charge in [-0.25, -0.2) is 0 Å². The van der Waals surface area contributed by atoms with Crippen LogP contribution in [0.5, 0.6) is 0 Å². The first-order valence-corrected chi connectivity index (χ1v) is 14.6. The molecule has 35 heavy (non-hydrogen) atoms. The topological polar surface area (TPSA) is 63.6 Å². The predicted octanol–water partition coefficient (Wildman–Crippen LogP) is 7.80. The molecule has 0 saturated heterocycles. The van der Waals surface area contributed by atoms with E-state index in [2.05, 4.69) is 34.3 Å². The Bertz CT molecular complexity index is 804. The molecule has 0 bridgehead atoms. The summed E-state index contributed by atoms with van der Waals surface area (Å²) in [5.41, 5.74) is 2.21. The highest BCUT2D eigenvalue weighted by atomic mass is 16.5. The van der Waals surface area contributed by atoms with Crippen molar-refractivity contribution in [1.29, 1.82) is 0 Å². The monoisotopic (exact) mass is 486 g/mol. The highest BCUT2D eigenvalue weighted by Crippen LogP contribution is 2.68. The number of fused-ring (bicyclic) bond motifs is 5. The highest BCUT2D eigenvalue weighted by Gasteiger charge is 2.60. The summed E-state index contributed by atoms with van der Waals surface area (Å²) in [6, 6.07) is 0. The van der Waals surface area contributed by atoms with Crippen LogP contribution in [-0.2, 0) is 14.3 Å². The molecule has 0 aromatic carbocycles. The van der Waals surface area contributed by atoms with Crippen molar-refractivity contribution in [2.24, 2.45) is 46.3 Å². The maximum Gasteiger partial charge on any atom is 0.306 e. The zero-order valence-corrected chi connectivity index (χ0v) is 22.8. The quantitative estimate of drug-likeness (QED) is 0.267. The van der Waals surface area contributed by atoms with Gasteiger partial charge in [0, 0.05) is 0 Å². The van der Waals surface area contributed by atoms with Gasteiger partial charge in [-0.2, -0.15) is 0 Å². The van der Waals surface area contributed by atoms with Gasteiger partial charge < -0.3 is 9.84 Å². The summed E-state index contributed by atoms with van der Waals surface area (Å²) in [5, 5.41) is 8.84. The number of allylic oxidation sites excluding steroid dienone is 1. The third kappa shape index (κ3) is 5.37. The van der Waals surface area contributed by atoms with Gasteiger partial charge in [-0.05, 0) is 124 Å². The largest absolute Gasteiger partial charge is 0.481 e. The van der Waals surface area contributed by atoms with Gasteiger partial charge in [0.05, 0.1) is 12.8 Å². The van der Waals surface area contributed by atoms with E-state index in [4.69, 9.17) is 9.84 Å². The summed E-state index contributed by atoms with van der Waals surface area (Å²) in [5.74, 6) is 3.65. The fourth-order valence-corrected chi connectivity index (χ4v) is 9.68. The van der Waals surface area contributed by atoms with Crippen molar-refractivity contribution in [2.75, 3.05) is 0 Å². The molecule has 1 N–H and O–H groups in total. The van der Waals surface area contributed by atoms with Crippen LogP contribution >= 0.6 is 0 Å². The van der Waals surface area contributed by atoms with E-state index in [1.54, 1.807) is 0 Å². The van der Waals surface area contributed by atoms with Crippen LogP contribution < -0.4 is 0 Å². The van der Waals surface area contributed by atoms with E-state index in [0.29, 0.717) is 16.7 Å². The molecule has 0 radical (unpaired) electrons. The van der Waals surface area contributed by atoms with Crippen molar-refractivity contribution in [3.05, 3.63) is 12.2 Å². The van der Waals surface area contributed by atoms with Gasteiger partial charge >= 0.3 is 11.9 Å². The van der Waals surface area contributed by atoms with E-state index in [9.17, 15) is 9.59 Å². The molecule has 9 atom stereocenters. The molecule has 0 spiro atoms. The van der Waals surface area contributed by atoms with Crippen LogP contribution in [0.15, 0.2) is 12.2 Å². The summed E-state index contributed by atoms with van der Waals surface area (Å²) in [6.07, 6.45) is 15.0. The second-order valence-corrected chi connectivity index (χ2v) is 13.5. The Morgan fingerprint density at radius 2 is 1.69 bits per heavy atom. The minimum Gasteiger partial charge on any atom is -0.481 e. The number of rotatable bonds is 9. The van der Waals surface area contributed by atoms with Crippen molar-refractivity contribution in [3.8, 4) is 0 Å². The average Bonchev–Trinajstić information content (AvgIpc) is 3.15. The first-order chi connectivity index (χ1) is 16.5. The van der Waals surface area contributed by atoms with Gasteiger partial charge in [-0.3, -0.25) is 9.59 Å². The van der Waals surface area contributed by atoms with Crippen molar-refractivity contribution >= 4 is 11.9 Å². The summed E-state index contributed by atoms with van der Waals surface area (Å²) < 4.78 is 5.74. The maximum atomic E-state index is 12.1. The molecule has 4 aliphatic rings. The standard InChI is InChI=1S/C31H50O4/c1-20(2)7-6-8-21(3)25-11-12-26-24-10-9-22-19-23(35-29(34)14-13-28(32)33)15-17-30(22,4)27(24)16-18-31(25,26)5/h21-27H,1,6-19H2,2-5H3,(H,32,33)/t21-,22?,23+,24+,25-,26+,27+,30+,31-/m1/s1. The number of hydrogen-bond acceptors (Lipinski definition) is 3. The third-order valence-corrected chi connectivity index (χ3v) is 11.5. The number of carboxylic acid groups (broad SMARTS) is 1. The van der Waals surface area contributed by atoms with Crippen molar-refractivity contribution in [3.63, 3.8) is 0 Å². The summed E-state index contributed by atoms with van der Waals surface area (Å²) in [4.78, 5) is 22.9.